The van der Waals surface area contributed by atoms with Crippen LogP contribution in [0.4, 0.5) is 0 Å². The van der Waals surface area contributed by atoms with Crippen molar-refractivity contribution in [1.29, 1.82) is 0 Å². The van der Waals surface area contributed by atoms with Crippen LogP contribution in [0.5, 0.6) is 5.75 Å². The van der Waals surface area contributed by atoms with Gasteiger partial charge >= 0.3 is 5.97 Å². The van der Waals surface area contributed by atoms with E-state index in [1.54, 1.807) is 60.8 Å². The van der Waals surface area contributed by atoms with Gasteiger partial charge in [0, 0.05) is 12.3 Å². The number of imide groups is 1. The number of esters is 1. The highest BCUT2D eigenvalue weighted by Crippen LogP contribution is 2.14. The van der Waals surface area contributed by atoms with Crippen molar-refractivity contribution in [3.8, 4) is 5.75 Å². The molecular weight excluding hydrogens is 408 g/mol. The Balaban J connectivity index is 1.38. The molecule has 0 spiro atoms. The van der Waals surface area contributed by atoms with Crippen molar-refractivity contribution in [3.05, 3.63) is 102 Å². The number of nitrogens with one attached hydrogen (secondary N) is 1. The highest BCUT2D eigenvalue weighted by molar-refractivity contribution is 5.97. The molecule has 0 aliphatic rings. The highest BCUT2D eigenvalue weighted by atomic mass is 16.5. The van der Waals surface area contributed by atoms with E-state index >= 15 is 0 Å². The SMILES string of the molecule is O=C(COC(=O)C=Cc1ccc(OCc2ccccn2)cc1)NC(=O)Cc1ccccc1. The monoisotopic (exact) mass is 430 g/mol. The number of ether oxygens (including phenoxy) is 2. The van der Waals surface area contributed by atoms with Crippen LogP contribution in [0.25, 0.3) is 6.08 Å². The molecule has 3 aromatic rings. The quantitative estimate of drug-likeness (QED) is 0.414. The molecule has 0 saturated carbocycles. The second-order valence-corrected chi connectivity index (χ2v) is 6.75. The standard InChI is InChI=1S/C25H22N2O5/c28-23(16-20-6-2-1-3-7-20)27-24(29)18-32-25(30)14-11-19-9-12-22(13-10-19)31-17-21-8-4-5-15-26-21/h1-15H,16-18H2,(H,27,28,29). The van der Waals surface area contributed by atoms with Crippen LogP contribution < -0.4 is 10.1 Å². The minimum absolute atomic E-state index is 0.0714. The predicted octanol–water partition coefficient (Wildman–Crippen LogP) is 3.10. The molecular formula is C25H22N2O5. The molecule has 1 N–H and O–H groups in total. The van der Waals surface area contributed by atoms with Crippen LogP contribution in [-0.2, 0) is 32.1 Å². The molecule has 0 aliphatic carbocycles. The zero-order chi connectivity index (χ0) is 22.6. The number of carbonyl (C=O) groups is 3. The fourth-order valence-electron chi connectivity index (χ4n) is 2.68. The van der Waals surface area contributed by atoms with Crippen LogP contribution in [0.2, 0.25) is 0 Å². The third kappa shape index (κ3) is 7.87. The second-order valence-electron chi connectivity index (χ2n) is 6.75. The van der Waals surface area contributed by atoms with Gasteiger partial charge in [0.15, 0.2) is 6.61 Å². The minimum Gasteiger partial charge on any atom is -0.487 e. The Morgan fingerprint density at radius 2 is 1.62 bits per heavy atom. The Morgan fingerprint density at radius 1 is 0.875 bits per heavy atom. The zero-order valence-corrected chi connectivity index (χ0v) is 17.3. The number of hydrogen-bond donors (Lipinski definition) is 1. The fraction of sp³-hybridized carbons (Fsp3) is 0.120. The Labute approximate surface area is 185 Å². The van der Waals surface area contributed by atoms with E-state index in [0.717, 1.165) is 16.8 Å². The maximum absolute atomic E-state index is 11.8. The molecule has 7 nitrogen and oxygen atoms in total. The van der Waals surface area contributed by atoms with Crippen LogP contribution in [0, 0.1) is 0 Å². The molecule has 2 amide bonds. The number of rotatable bonds is 9. The van der Waals surface area contributed by atoms with Crippen molar-refractivity contribution in [1.82, 2.24) is 10.3 Å². The van der Waals surface area contributed by atoms with E-state index in [1.807, 2.05) is 24.3 Å². The predicted molar refractivity (Wildman–Crippen MR) is 118 cm³/mol. The number of nitrogens with zero attached hydrogens (tertiary/aromatic N) is 1. The van der Waals surface area contributed by atoms with Crippen LogP contribution in [-0.4, -0.2) is 29.4 Å². The van der Waals surface area contributed by atoms with E-state index in [4.69, 9.17) is 9.47 Å². The molecule has 0 bridgehead atoms. The van der Waals surface area contributed by atoms with E-state index in [0.29, 0.717) is 12.4 Å². The Morgan fingerprint density at radius 3 is 2.34 bits per heavy atom. The van der Waals surface area contributed by atoms with Gasteiger partial charge in [-0.15, -0.1) is 0 Å². The average Bonchev–Trinajstić information content (AvgIpc) is 2.82. The summed E-state index contributed by atoms with van der Waals surface area (Å²) in [6.07, 6.45) is 4.55. The summed E-state index contributed by atoms with van der Waals surface area (Å²) in [6, 6.07) is 21.8. The van der Waals surface area contributed by atoms with Gasteiger partial charge in [0.2, 0.25) is 5.91 Å². The number of benzene rings is 2. The lowest BCUT2D eigenvalue weighted by atomic mass is 10.1. The van der Waals surface area contributed by atoms with Gasteiger partial charge in [0.25, 0.3) is 5.91 Å². The van der Waals surface area contributed by atoms with Crippen molar-refractivity contribution in [2.75, 3.05) is 6.61 Å². The van der Waals surface area contributed by atoms with E-state index in [9.17, 15) is 14.4 Å². The summed E-state index contributed by atoms with van der Waals surface area (Å²) in [5, 5.41) is 2.19. The van der Waals surface area contributed by atoms with Crippen LogP contribution in [0.3, 0.4) is 0 Å². The third-order valence-corrected chi connectivity index (χ3v) is 4.24. The van der Waals surface area contributed by atoms with Crippen molar-refractivity contribution in [2.45, 2.75) is 13.0 Å². The van der Waals surface area contributed by atoms with Gasteiger partial charge in [-0.3, -0.25) is 19.9 Å². The van der Waals surface area contributed by atoms with E-state index < -0.39 is 24.4 Å². The molecule has 1 heterocycles. The maximum Gasteiger partial charge on any atom is 0.331 e. The van der Waals surface area contributed by atoms with Crippen LogP contribution in [0.1, 0.15) is 16.8 Å². The van der Waals surface area contributed by atoms with Gasteiger partial charge in [-0.1, -0.05) is 48.5 Å². The first kappa shape index (κ1) is 22.4. The first-order valence-corrected chi connectivity index (χ1v) is 9.93. The van der Waals surface area contributed by atoms with E-state index in [1.165, 1.54) is 6.08 Å². The largest absolute Gasteiger partial charge is 0.487 e. The summed E-state index contributed by atoms with van der Waals surface area (Å²) in [6.45, 7) is -0.178. The molecule has 1 aromatic heterocycles. The molecule has 2 aromatic carbocycles. The number of hydrogen-bond acceptors (Lipinski definition) is 6. The Kier molecular flexibility index (Phi) is 8.27. The molecule has 3 rings (SSSR count). The van der Waals surface area contributed by atoms with Gasteiger partial charge < -0.3 is 9.47 Å². The lowest BCUT2D eigenvalue weighted by Gasteiger charge is -2.06. The molecule has 0 radical (unpaired) electrons. The summed E-state index contributed by atoms with van der Waals surface area (Å²) >= 11 is 0. The molecule has 162 valence electrons. The third-order valence-electron chi connectivity index (χ3n) is 4.24. The van der Waals surface area contributed by atoms with Crippen LogP contribution in [0.15, 0.2) is 85.1 Å². The summed E-state index contributed by atoms with van der Waals surface area (Å²) in [7, 11) is 0. The number of pyridine rings is 1. The van der Waals surface area contributed by atoms with Crippen molar-refractivity contribution in [2.24, 2.45) is 0 Å². The van der Waals surface area contributed by atoms with Crippen molar-refractivity contribution >= 4 is 23.9 Å². The molecule has 0 fully saturated rings. The van der Waals surface area contributed by atoms with E-state index in [2.05, 4.69) is 10.3 Å². The molecule has 32 heavy (non-hydrogen) atoms. The summed E-state index contributed by atoms with van der Waals surface area (Å²) in [5.41, 5.74) is 2.37. The van der Waals surface area contributed by atoms with Gasteiger partial charge in [-0.25, -0.2) is 4.79 Å². The lowest BCUT2D eigenvalue weighted by Crippen LogP contribution is -2.35. The normalized spacial score (nSPS) is 10.5. The van der Waals surface area contributed by atoms with Crippen molar-refractivity contribution in [3.63, 3.8) is 0 Å². The Bertz CT molecular complexity index is 1060. The number of carbonyl (C=O) groups excluding carboxylic acids is 3. The summed E-state index contributed by atoms with van der Waals surface area (Å²) in [4.78, 5) is 39.6. The highest BCUT2D eigenvalue weighted by Gasteiger charge is 2.10. The topological polar surface area (TPSA) is 94.6 Å². The first-order valence-electron chi connectivity index (χ1n) is 9.93. The second kappa shape index (κ2) is 11.8. The van der Waals surface area contributed by atoms with Crippen LogP contribution >= 0.6 is 0 Å². The zero-order valence-electron chi connectivity index (χ0n) is 17.3. The van der Waals surface area contributed by atoms with Crippen molar-refractivity contribution < 1.29 is 23.9 Å². The van der Waals surface area contributed by atoms with Gasteiger partial charge in [0.1, 0.15) is 12.4 Å². The molecule has 0 unspecified atom stereocenters. The number of aromatic nitrogens is 1. The first-order chi connectivity index (χ1) is 15.6. The lowest BCUT2D eigenvalue weighted by molar-refractivity contribution is -0.145. The number of amides is 2. The van der Waals surface area contributed by atoms with Gasteiger partial charge in [0.05, 0.1) is 12.1 Å². The Hall–Kier alpha value is -4.26. The molecule has 0 saturated heterocycles. The fourth-order valence-corrected chi connectivity index (χ4v) is 2.68. The summed E-state index contributed by atoms with van der Waals surface area (Å²) < 4.78 is 10.5. The van der Waals surface area contributed by atoms with E-state index in [-0.39, 0.29) is 6.42 Å². The molecule has 7 heteroatoms. The summed E-state index contributed by atoms with van der Waals surface area (Å²) in [5.74, 6) is -1.15. The smallest absolute Gasteiger partial charge is 0.331 e. The average molecular weight is 430 g/mol. The minimum atomic E-state index is -0.689. The van der Waals surface area contributed by atoms with Gasteiger partial charge in [-0.2, -0.15) is 0 Å². The molecule has 0 aliphatic heterocycles. The maximum atomic E-state index is 11.8. The van der Waals surface area contributed by atoms with Gasteiger partial charge in [-0.05, 0) is 41.5 Å². The molecule has 0 atom stereocenters.